The summed E-state index contributed by atoms with van der Waals surface area (Å²) in [6.45, 7) is 9.97. The molecule has 0 aliphatic carbocycles. The summed E-state index contributed by atoms with van der Waals surface area (Å²) in [5.41, 5.74) is 0. The van der Waals surface area contributed by atoms with Crippen LogP contribution in [0.4, 0.5) is 0 Å². The Morgan fingerprint density at radius 2 is 1.02 bits per heavy atom. The third-order valence-corrected chi connectivity index (χ3v) is 14.2. The van der Waals surface area contributed by atoms with Crippen molar-refractivity contribution < 1.29 is 139 Å². The van der Waals surface area contributed by atoms with E-state index in [0.717, 1.165) is 87.9 Å². The van der Waals surface area contributed by atoms with Gasteiger partial charge in [0.1, 0.15) is 49.0 Å². The van der Waals surface area contributed by atoms with Gasteiger partial charge in [-0.25, -0.2) is 4.79 Å². The molecule has 17 atom stereocenters. The molecular weight excluding hydrogens is 1130 g/mol. The lowest BCUT2D eigenvalue weighted by molar-refractivity contribution is -0.355. The maximum atomic E-state index is 13.0. The highest BCUT2D eigenvalue weighted by molar-refractivity contribution is 8.00. The second kappa shape index (κ2) is 32.7. The van der Waals surface area contributed by atoms with E-state index >= 15 is 0 Å². The van der Waals surface area contributed by atoms with E-state index in [1.165, 1.54) is 18.9 Å². The second-order valence-corrected chi connectivity index (χ2v) is 20.8. The first-order chi connectivity index (χ1) is 37.9. The Kier molecular flexibility index (Phi) is 28.0. The highest BCUT2D eigenvalue weighted by atomic mass is 32.2. The number of rotatable bonds is 28. The van der Waals surface area contributed by atoms with Gasteiger partial charge in [-0.3, -0.25) is 52.7 Å². The van der Waals surface area contributed by atoms with Gasteiger partial charge < -0.3 is 86.6 Å². The van der Waals surface area contributed by atoms with Crippen LogP contribution < -0.4 is 5.32 Å². The predicted octanol–water partition coefficient (Wildman–Crippen LogP) is -0.270. The minimum atomic E-state index is -3.26. The van der Waals surface area contributed by atoms with Crippen LogP contribution in [0.5, 0.6) is 0 Å². The maximum Gasteiger partial charge on any atom is 0.365 e. The van der Waals surface area contributed by atoms with Gasteiger partial charge in [-0.1, -0.05) is 6.42 Å². The third kappa shape index (κ3) is 21.4. The molecule has 0 aromatic carbocycles. The number of methoxy groups -OCH3 is 1. The number of carbonyl (C=O) groups is 12. The molecule has 32 heteroatoms. The summed E-state index contributed by atoms with van der Waals surface area (Å²) in [6, 6.07) is -1.61. The number of carboxylic acid groups (broad SMARTS) is 1. The first-order valence-electron chi connectivity index (χ1n) is 25.1. The summed E-state index contributed by atoms with van der Waals surface area (Å²) >= 11 is 2.04. The van der Waals surface area contributed by atoms with Crippen LogP contribution in [0, 0.1) is 0 Å². The first-order valence-corrected chi connectivity index (χ1v) is 27.3. The van der Waals surface area contributed by atoms with Crippen molar-refractivity contribution in [3.63, 3.8) is 0 Å². The minimum absolute atomic E-state index is 0.0430. The number of esters is 10. The SMILES string of the molecule is CO[C@@H]1O[C@H](COC(C)=O)[C@H](O[C@@H]2O[C@H](CSCCCCCS[C@@H]3[C@H](OC(C)=O)[C@@H](NC(C)=O)[C@H]([C@H](OC(C)=O)[C@@H](COC(C)=O)OC(C)=O)O[C@]3(O)C(=O)O)[C@H](OC(C)=O)[C@H](OC(C)=O)[C@H]2OC(C)=O)[C@H](OC(C)=O)[C@H]1OC(C)=O. The molecule has 0 saturated carbocycles. The highest BCUT2D eigenvalue weighted by Gasteiger charge is 2.64. The summed E-state index contributed by atoms with van der Waals surface area (Å²) in [6.07, 6.45) is -21.5. The maximum absolute atomic E-state index is 13.0. The van der Waals surface area contributed by atoms with Gasteiger partial charge in [0.15, 0.2) is 55.3 Å². The van der Waals surface area contributed by atoms with Crippen molar-refractivity contribution in [1.82, 2.24) is 5.32 Å². The quantitative estimate of drug-likeness (QED) is 0.0515. The zero-order valence-corrected chi connectivity index (χ0v) is 48.3. The summed E-state index contributed by atoms with van der Waals surface area (Å²) < 4.78 is 84.6. The monoisotopic (exact) mass is 1200 g/mol. The zero-order chi connectivity index (χ0) is 61.1. The van der Waals surface area contributed by atoms with Gasteiger partial charge in [-0.2, -0.15) is 11.8 Å². The molecule has 0 spiro atoms. The fourth-order valence-corrected chi connectivity index (χ4v) is 11.3. The molecule has 3 aliphatic heterocycles. The van der Waals surface area contributed by atoms with E-state index in [1.807, 2.05) is 0 Å². The van der Waals surface area contributed by atoms with Crippen molar-refractivity contribution in [2.75, 3.05) is 37.6 Å². The lowest BCUT2D eigenvalue weighted by Crippen LogP contribution is -2.73. The van der Waals surface area contributed by atoms with Gasteiger partial charge >= 0.3 is 65.7 Å². The molecule has 30 nitrogen and oxygen atoms in total. The van der Waals surface area contributed by atoms with E-state index in [2.05, 4.69) is 5.32 Å². The molecule has 458 valence electrons. The Labute approximate surface area is 473 Å². The van der Waals surface area contributed by atoms with Gasteiger partial charge in [0.05, 0.1) is 6.04 Å². The number of hydrogen-bond donors (Lipinski definition) is 3. The Morgan fingerprint density at radius 1 is 0.543 bits per heavy atom. The number of unbranched alkanes of at least 4 members (excludes halogenated alkanes) is 2. The molecular formula is C49H71NO29S2. The van der Waals surface area contributed by atoms with Crippen molar-refractivity contribution in [3.05, 3.63) is 0 Å². The molecule has 0 unspecified atom stereocenters. The first kappa shape index (κ1) is 69.4. The molecule has 3 rings (SSSR count). The van der Waals surface area contributed by atoms with E-state index < -0.39 is 188 Å². The standard InChI is InChI=1S/C49H71NO29S2/c1-21(51)50-35-39(36(69-25(5)55)32(68-24(4)54)18-66-22(2)52)79-49(64,48(62)63)45(40(35)71-27(7)57)81-17-15-13-14-16-80-20-34-38(70-26(6)56)42(73-29(9)59)44(75-31(11)61)47(77-34)78-37-33(19-67-23(3)53)76-46(65-12)43(74-30(10)60)41(37)72-28(8)58/h32-47,64H,13-20H2,1-12H3,(H,50,51)(H,62,63)/t32-,33-,34-,35+,36-,37+,38+,39-,40-,41+,42+,43-,44-,45-,46-,47+,49+/m1/s1. The van der Waals surface area contributed by atoms with Gasteiger partial charge in [0.2, 0.25) is 5.91 Å². The van der Waals surface area contributed by atoms with E-state index in [-0.39, 0.29) is 11.5 Å². The summed E-state index contributed by atoms with van der Waals surface area (Å²) in [7, 11) is 1.20. The number of aliphatic hydroxyl groups is 1. The molecule has 3 aliphatic rings. The number of amides is 1. The average Bonchev–Trinajstić information content (AvgIpc) is 3.54. The van der Waals surface area contributed by atoms with E-state index in [4.69, 9.17) is 71.1 Å². The van der Waals surface area contributed by atoms with Crippen LogP contribution >= 0.6 is 23.5 Å². The number of ether oxygens (including phenoxy) is 15. The van der Waals surface area contributed by atoms with E-state index in [9.17, 15) is 67.7 Å². The molecule has 3 fully saturated rings. The Bertz CT molecular complexity index is 2250. The summed E-state index contributed by atoms with van der Waals surface area (Å²) in [5, 5.41) is 23.2. The molecule has 1 amide bonds. The van der Waals surface area contributed by atoms with Crippen molar-refractivity contribution in [1.29, 1.82) is 0 Å². The molecule has 3 N–H and O–H groups in total. The number of hydrogen-bond acceptors (Lipinski definition) is 30. The molecule has 0 aromatic rings. The lowest BCUT2D eigenvalue weighted by atomic mass is 9.87. The van der Waals surface area contributed by atoms with Crippen molar-refractivity contribution in [2.24, 2.45) is 0 Å². The van der Waals surface area contributed by atoms with Gasteiger partial charge in [-0.15, -0.1) is 11.8 Å². The topological polar surface area (TPSA) is 396 Å². The third-order valence-electron chi connectivity index (χ3n) is 11.6. The highest BCUT2D eigenvalue weighted by Crippen LogP contribution is 2.42. The Morgan fingerprint density at radius 3 is 1.52 bits per heavy atom. The van der Waals surface area contributed by atoms with Crippen LogP contribution in [0.15, 0.2) is 0 Å². The molecule has 0 radical (unpaired) electrons. The van der Waals surface area contributed by atoms with Crippen LogP contribution in [-0.4, -0.2) is 222 Å². The Balaban J connectivity index is 1.94. The zero-order valence-electron chi connectivity index (χ0n) is 46.6. The number of nitrogens with one attached hydrogen (secondary N) is 1. The summed E-state index contributed by atoms with van der Waals surface area (Å²) in [4.78, 5) is 150. The number of carboxylic acids is 1. The number of carbonyl (C=O) groups excluding carboxylic acids is 11. The molecule has 3 saturated heterocycles. The number of aliphatic carboxylic acids is 1. The largest absolute Gasteiger partial charge is 0.477 e. The van der Waals surface area contributed by atoms with Crippen molar-refractivity contribution in [2.45, 2.75) is 198 Å². The van der Waals surface area contributed by atoms with Crippen LogP contribution in [0.1, 0.15) is 95.4 Å². The van der Waals surface area contributed by atoms with Crippen LogP contribution in [-0.2, 0) is 129 Å². The molecule has 0 aromatic heterocycles. The van der Waals surface area contributed by atoms with Gasteiger partial charge in [0, 0.05) is 89.0 Å². The fourth-order valence-electron chi connectivity index (χ4n) is 8.83. The van der Waals surface area contributed by atoms with Crippen molar-refractivity contribution in [3.8, 4) is 0 Å². The van der Waals surface area contributed by atoms with E-state index in [0.29, 0.717) is 25.0 Å². The van der Waals surface area contributed by atoms with Gasteiger partial charge in [-0.05, 0) is 24.3 Å². The van der Waals surface area contributed by atoms with Crippen LogP contribution in [0.2, 0.25) is 0 Å². The summed E-state index contributed by atoms with van der Waals surface area (Å²) in [5.74, 6) is -14.8. The Hall–Kier alpha value is -5.90. The lowest BCUT2D eigenvalue weighted by Gasteiger charge is -2.50. The average molecular weight is 1200 g/mol. The smallest absolute Gasteiger partial charge is 0.365 e. The fraction of sp³-hybridized carbons (Fsp3) is 0.755. The predicted molar refractivity (Wildman–Crippen MR) is 269 cm³/mol. The molecule has 3 heterocycles. The van der Waals surface area contributed by atoms with E-state index in [1.54, 1.807) is 0 Å². The van der Waals surface area contributed by atoms with Crippen molar-refractivity contribution >= 4 is 95.1 Å². The van der Waals surface area contributed by atoms with Crippen LogP contribution in [0.3, 0.4) is 0 Å². The molecule has 0 bridgehead atoms. The van der Waals surface area contributed by atoms with Gasteiger partial charge in [0.25, 0.3) is 5.79 Å². The number of thioether (sulfide) groups is 2. The normalized spacial score (nSPS) is 29.6. The molecule has 81 heavy (non-hydrogen) atoms. The van der Waals surface area contributed by atoms with Crippen LogP contribution in [0.25, 0.3) is 0 Å². The minimum Gasteiger partial charge on any atom is -0.477 e. The second-order valence-electron chi connectivity index (χ2n) is 18.4.